The largest absolute Gasteiger partial charge is 0.460 e. The number of sulfonamides is 1. The first kappa shape index (κ1) is 34.3. The molecule has 5 aliphatic rings. The number of halogens is 1. The van der Waals surface area contributed by atoms with Gasteiger partial charge in [-0.1, -0.05) is 37.1 Å². The van der Waals surface area contributed by atoms with Gasteiger partial charge in [-0.15, -0.1) is 0 Å². The first-order valence-corrected chi connectivity index (χ1v) is 19.3. The van der Waals surface area contributed by atoms with Gasteiger partial charge < -0.3 is 14.4 Å². The van der Waals surface area contributed by atoms with Crippen LogP contribution in [0.3, 0.4) is 0 Å². The van der Waals surface area contributed by atoms with Crippen molar-refractivity contribution in [2.24, 2.45) is 17.3 Å². The second-order valence-electron chi connectivity index (χ2n) is 15.6. The normalized spacial score (nSPS) is 30.7. The molecule has 1 aromatic rings. The molecule has 6 rings (SSSR count). The molecule has 12 nitrogen and oxygen atoms in total. The van der Waals surface area contributed by atoms with Gasteiger partial charge in [-0.2, -0.15) is 0 Å². The van der Waals surface area contributed by atoms with E-state index >= 15 is 0 Å². The molecular formula is C37H48FN3O9S. The number of nitrogens with zero attached hydrogens (tertiary/aromatic N) is 2. The quantitative estimate of drug-likeness (QED) is 0.324. The van der Waals surface area contributed by atoms with E-state index in [9.17, 15) is 36.8 Å². The van der Waals surface area contributed by atoms with Crippen LogP contribution in [0.2, 0.25) is 0 Å². The fraction of sp³-hybridized carbons (Fsp3) is 0.649. The van der Waals surface area contributed by atoms with Crippen molar-refractivity contribution in [3.63, 3.8) is 0 Å². The SMILES string of the molecule is [2H]C1([2H])/C=C\[C@H]2C[C@@]2(C(=O)NS(=O)(=O)C2CC2)CC(=O)[C@@H]2CC(OC(=O)N3Cc4cccc(F)c4C3)CN2C(=O)[C@@H](CC(=O)OC(C)(C)C)CCCC1. The van der Waals surface area contributed by atoms with Gasteiger partial charge in [-0.05, 0) is 76.8 Å². The van der Waals surface area contributed by atoms with Crippen molar-refractivity contribution in [1.29, 1.82) is 0 Å². The Balaban J connectivity index is 1.28. The van der Waals surface area contributed by atoms with Crippen LogP contribution in [0, 0.1) is 23.1 Å². The molecule has 1 saturated heterocycles. The zero-order valence-corrected chi connectivity index (χ0v) is 30.1. The number of ketones is 1. The monoisotopic (exact) mass is 731 g/mol. The smallest absolute Gasteiger partial charge is 0.410 e. The van der Waals surface area contributed by atoms with Crippen molar-refractivity contribution in [3.8, 4) is 0 Å². The molecular weight excluding hydrogens is 681 g/mol. The van der Waals surface area contributed by atoms with E-state index in [-0.39, 0.29) is 51.7 Å². The van der Waals surface area contributed by atoms with Gasteiger partial charge in [-0.25, -0.2) is 17.6 Å². The molecule has 0 bridgehead atoms. The van der Waals surface area contributed by atoms with Crippen molar-refractivity contribution >= 4 is 39.7 Å². The standard InChI is InChI=1S/C37H48FN3O9S/c1-36(2,3)50-32(43)16-23-10-7-5-4-6-8-12-25-18-37(25,34(45)39-51(47,48)27-14-15-27)19-31(42)30-17-26(21-41(30)33(23)44)49-35(46)40-20-24-11-9-13-29(38)28(24)22-40/h8-9,11-13,23,25-27,30H,4-7,10,14-22H2,1-3H3,(H,39,45)/b12-8-/t23-,25+,26?,30+,37-/m1/s1/i6D2. The predicted molar refractivity (Wildman–Crippen MR) is 182 cm³/mol. The summed E-state index contributed by atoms with van der Waals surface area (Å²) in [6.07, 6.45) is 0.562. The zero-order valence-electron chi connectivity index (χ0n) is 31.3. The molecule has 3 amide bonds. The molecule has 51 heavy (non-hydrogen) atoms. The van der Waals surface area contributed by atoms with Gasteiger partial charge in [0, 0.05) is 33.6 Å². The zero-order chi connectivity index (χ0) is 38.5. The van der Waals surface area contributed by atoms with Crippen molar-refractivity contribution < 1.29 is 49.0 Å². The molecule has 5 atom stereocenters. The summed E-state index contributed by atoms with van der Waals surface area (Å²) in [6, 6.07) is 3.42. The molecule has 1 unspecified atom stereocenters. The predicted octanol–water partition coefficient (Wildman–Crippen LogP) is 4.69. The molecule has 0 aromatic heterocycles. The number of Topliss-reactive ketones (excluding diaryl/α,β-unsaturated/α-hetero) is 1. The van der Waals surface area contributed by atoms with Crippen LogP contribution >= 0.6 is 0 Å². The highest BCUT2D eigenvalue weighted by Gasteiger charge is 2.61. The first-order valence-electron chi connectivity index (χ1n) is 18.8. The number of benzene rings is 1. The third-order valence-corrected chi connectivity index (χ3v) is 12.2. The maximum Gasteiger partial charge on any atom is 0.410 e. The highest BCUT2D eigenvalue weighted by Crippen LogP contribution is 2.57. The number of esters is 1. The third kappa shape index (κ3) is 8.47. The topological polar surface area (TPSA) is 156 Å². The van der Waals surface area contributed by atoms with Crippen LogP contribution < -0.4 is 4.72 Å². The molecule has 0 spiro atoms. The van der Waals surface area contributed by atoms with E-state index in [1.807, 2.05) is 0 Å². The molecule has 0 radical (unpaired) electrons. The Kier molecular flexibility index (Phi) is 9.62. The van der Waals surface area contributed by atoms with Crippen LogP contribution in [0.5, 0.6) is 0 Å². The number of rotatable bonds is 6. The highest BCUT2D eigenvalue weighted by molar-refractivity contribution is 7.90. The van der Waals surface area contributed by atoms with E-state index in [4.69, 9.17) is 12.2 Å². The van der Waals surface area contributed by atoms with Gasteiger partial charge >= 0.3 is 12.1 Å². The average Bonchev–Trinajstić information content (AvgIpc) is 3.94. The van der Waals surface area contributed by atoms with Crippen molar-refractivity contribution in [2.75, 3.05) is 6.54 Å². The van der Waals surface area contributed by atoms with Gasteiger partial charge in [0.15, 0.2) is 5.78 Å². The van der Waals surface area contributed by atoms with Crippen LogP contribution in [0.25, 0.3) is 0 Å². The Morgan fingerprint density at radius 2 is 1.86 bits per heavy atom. The second-order valence-corrected chi connectivity index (χ2v) is 17.5. The maximum atomic E-state index is 14.4. The molecule has 14 heteroatoms. The van der Waals surface area contributed by atoms with Crippen molar-refractivity contribution in [1.82, 2.24) is 14.5 Å². The minimum atomic E-state index is -3.97. The minimum Gasteiger partial charge on any atom is -0.460 e. The lowest BCUT2D eigenvalue weighted by Crippen LogP contribution is -2.46. The third-order valence-electron chi connectivity index (χ3n) is 10.4. The summed E-state index contributed by atoms with van der Waals surface area (Å²) in [5, 5.41) is -0.692. The number of hydrogen-bond acceptors (Lipinski definition) is 9. The Bertz CT molecular complexity index is 1810. The molecule has 1 N–H and O–H groups in total. The summed E-state index contributed by atoms with van der Waals surface area (Å²) in [7, 11) is -3.97. The summed E-state index contributed by atoms with van der Waals surface area (Å²) >= 11 is 0. The van der Waals surface area contributed by atoms with Gasteiger partial charge in [0.2, 0.25) is 21.8 Å². The lowest BCUT2D eigenvalue weighted by molar-refractivity contribution is -0.159. The molecule has 3 fully saturated rings. The summed E-state index contributed by atoms with van der Waals surface area (Å²) in [5.74, 6) is -4.56. The van der Waals surface area contributed by atoms with Crippen molar-refractivity contribution in [2.45, 2.75) is 127 Å². The summed E-state index contributed by atoms with van der Waals surface area (Å²) in [6.45, 7) is 5.04. The fourth-order valence-electron chi connectivity index (χ4n) is 7.43. The van der Waals surface area contributed by atoms with Crippen LogP contribution in [-0.4, -0.2) is 77.4 Å². The van der Waals surface area contributed by atoms with E-state index < -0.39 is 98.5 Å². The van der Waals surface area contributed by atoms with Crippen LogP contribution in [0.4, 0.5) is 9.18 Å². The van der Waals surface area contributed by atoms with E-state index in [1.54, 1.807) is 39.0 Å². The maximum absolute atomic E-state index is 14.4. The van der Waals surface area contributed by atoms with Gasteiger partial charge in [-0.3, -0.25) is 28.8 Å². The number of amides is 3. The molecule has 3 heterocycles. The molecule has 1 aromatic carbocycles. The second kappa shape index (κ2) is 14.3. The Labute approximate surface area is 301 Å². The number of ether oxygens (including phenoxy) is 2. The molecule has 3 aliphatic heterocycles. The number of allylic oxidation sites excluding steroid dienone is 2. The van der Waals surface area contributed by atoms with Crippen molar-refractivity contribution in [3.05, 3.63) is 47.3 Å². The van der Waals surface area contributed by atoms with E-state index in [2.05, 4.69) is 4.72 Å². The van der Waals surface area contributed by atoms with Gasteiger partial charge in [0.05, 0.1) is 36.2 Å². The summed E-state index contributed by atoms with van der Waals surface area (Å²) < 4.78 is 70.6. The number of fused-ring (bicyclic) bond motifs is 3. The lowest BCUT2D eigenvalue weighted by atomic mass is 9.90. The Morgan fingerprint density at radius 3 is 2.57 bits per heavy atom. The van der Waals surface area contributed by atoms with Crippen LogP contribution in [0.15, 0.2) is 30.4 Å². The number of hydrogen-bond donors (Lipinski definition) is 1. The number of carbonyl (C=O) groups excluding carboxylic acids is 5. The molecule has 278 valence electrons. The Morgan fingerprint density at radius 1 is 1.10 bits per heavy atom. The highest BCUT2D eigenvalue weighted by atomic mass is 32.2. The lowest BCUT2D eigenvalue weighted by Gasteiger charge is -2.29. The number of nitrogens with one attached hydrogen (secondary N) is 1. The summed E-state index contributed by atoms with van der Waals surface area (Å²) in [4.78, 5) is 71.5. The first-order chi connectivity index (χ1) is 24.8. The van der Waals surface area contributed by atoms with E-state index in [0.29, 0.717) is 36.8 Å². The van der Waals surface area contributed by atoms with E-state index in [1.165, 1.54) is 21.9 Å². The minimum absolute atomic E-state index is 0.00917. The average molecular weight is 732 g/mol. The molecule has 2 saturated carbocycles. The van der Waals surface area contributed by atoms with Crippen LogP contribution in [0.1, 0.15) is 105 Å². The fourth-order valence-corrected chi connectivity index (χ4v) is 8.81. The van der Waals surface area contributed by atoms with E-state index in [0.717, 1.165) is 0 Å². The molecule has 2 aliphatic carbocycles. The Hall–Kier alpha value is -3.81. The van der Waals surface area contributed by atoms with Gasteiger partial charge in [0.1, 0.15) is 17.5 Å². The summed E-state index contributed by atoms with van der Waals surface area (Å²) in [5.41, 5.74) is -1.29. The number of carbonyl (C=O) groups is 5. The van der Waals surface area contributed by atoms with Crippen LogP contribution in [-0.2, 0) is 51.8 Å². The van der Waals surface area contributed by atoms with Gasteiger partial charge in [0.25, 0.3) is 0 Å².